The number of carbonyl (C=O) groups is 2. The molecule has 3 rings (SSSR count). The molecule has 2 amide bonds. The summed E-state index contributed by atoms with van der Waals surface area (Å²) in [5.74, 6) is -0.293. The van der Waals surface area contributed by atoms with Crippen molar-refractivity contribution in [2.24, 2.45) is 0 Å². The minimum atomic E-state index is -0.350. The van der Waals surface area contributed by atoms with E-state index in [4.69, 9.17) is 0 Å². The van der Waals surface area contributed by atoms with Gasteiger partial charge in [0.1, 0.15) is 0 Å². The summed E-state index contributed by atoms with van der Waals surface area (Å²) in [5.41, 5.74) is 3.10. The molecule has 0 spiro atoms. The molecule has 0 aliphatic rings. The van der Waals surface area contributed by atoms with Crippen LogP contribution in [0.15, 0.2) is 48.5 Å². The Labute approximate surface area is 145 Å². The van der Waals surface area contributed by atoms with Crippen LogP contribution in [-0.4, -0.2) is 42.4 Å². The first kappa shape index (κ1) is 16.5. The van der Waals surface area contributed by atoms with Crippen molar-refractivity contribution in [3.8, 4) is 0 Å². The van der Waals surface area contributed by atoms with Gasteiger partial charge in [-0.1, -0.05) is 12.1 Å². The molecule has 0 radical (unpaired) electrons. The summed E-state index contributed by atoms with van der Waals surface area (Å²) in [5, 5.41) is 5.23. The van der Waals surface area contributed by atoms with Crippen molar-refractivity contribution >= 4 is 34.5 Å². The number of benzene rings is 2. The lowest BCUT2D eigenvalue weighted by Crippen LogP contribution is -2.33. The van der Waals surface area contributed by atoms with E-state index in [2.05, 4.69) is 20.6 Å². The molecule has 1 heterocycles. The molecule has 128 valence electrons. The van der Waals surface area contributed by atoms with Crippen LogP contribution in [0.2, 0.25) is 0 Å². The third kappa shape index (κ3) is 3.95. The molecule has 2 aromatic carbocycles. The minimum Gasteiger partial charge on any atom is -0.378 e. The normalized spacial score (nSPS) is 10.5. The van der Waals surface area contributed by atoms with Gasteiger partial charge >= 0.3 is 0 Å². The van der Waals surface area contributed by atoms with Gasteiger partial charge in [-0.05, 0) is 36.4 Å². The largest absolute Gasteiger partial charge is 0.378 e. The van der Waals surface area contributed by atoms with Gasteiger partial charge in [-0.25, -0.2) is 4.98 Å². The Morgan fingerprint density at radius 3 is 2.48 bits per heavy atom. The van der Waals surface area contributed by atoms with Crippen molar-refractivity contribution in [2.45, 2.75) is 0 Å². The number of imidazole rings is 1. The van der Waals surface area contributed by atoms with Crippen molar-refractivity contribution in [3.05, 3.63) is 54.1 Å². The highest BCUT2D eigenvalue weighted by molar-refractivity contribution is 5.99. The SMILES string of the molecule is CN(C)c1ccc(C(=O)NCC(=O)Nc2nc3ccccc3[nH]2)cc1. The number of nitrogens with one attached hydrogen (secondary N) is 3. The lowest BCUT2D eigenvalue weighted by Gasteiger charge is -2.12. The molecule has 0 aliphatic heterocycles. The second-order valence-corrected chi connectivity index (χ2v) is 5.77. The van der Waals surface area contributed by atoms with Gasteiger partial charge in [-0.15, -0.1) is 0 Å². The molecule has 0 fully saturated rings. The first-order chi connectivity index (χ1) is 12.0. The molecule has 1 aromatic heterocycles. The lowest BCUT2D eigenvalue weighted by atomic mass is 10.2. The highest BCUT2D eigenvalue weighted by atomic mass is 16.2. The first-order valence-corrected chi connectivity index (χ1v) is 7.83. The summed E-state index contributed by atoms with van der Waals surface area (Å²) in [6.07, 6.45) is 0. The number of hydrogen-bond donors (Lipinski definition) is 3. The van der Waals surface area contributed by atoms with Crippen LogP contribution in [0.3, 0.4) is 0 Å². The smallest absolute Gasteiger partial charge is 0.251 e. The zero-order valence-electron chi connectivity index (χ0n) is 14.0. The molecule has 0 unspecified atom stereocenters. The number of anilines is 2. The molecule has 3 N–H and O–H groups in total. The van der Waals surface area contributed by atoms with Crippen LogP contribution in [0.25, 0.3) is 11.0 Å². The highest BCUT2D eigenvalue weighted by Crippen LogP contribution is 2.13. The molecule has 7 heteroatoms. The fourth-order valence-electron chi connectivity index (χ4n) is 2.36. The Balaban J connectivity index is 1.55. The van der Waals surface area contributed by atoms with Crippen LogP contribution in [0, 0.1) is 0 Å². The fourth-order valence-corrected chi connectivity index (χ4v) is 2.36. The summed E-state index contributed by atoms with van der Waals surface area (Å²) >= 11 is 0. The van der Waals surface area contributed by atoms with Crippen LogP contribution >= 0.6 is 0 Å². The highest BCUT2D eigenvalue weighted by Gasteiger charge is 2.10. The Hall–Kier alpha value is -3.35. The zero-order valence-corrected chi connectivity index (χ0v) is 14.0. The van der Waals surface area contributed by atoms with Crippen molar-refractivity contribution < 1.29 is 9.59 Å². The van der Waals surface area contributed by atoms with E-state index in [1.807, 2.05) is 55.4 Å². The molecule has 0 aliphatic carbocycles. The van der Waals surface area contributed by atoms with Gasteiger partial charge in [0.15, 0.2) is 0 Å². The summed E-state index contributed by atoms with van der Waals surface area (Å²) in [7, 11) is 3.86. The zero-order chi connectivity index (χ0) is 17.8. The molecule has 0 bridgehead atoms. The van der Waals surface area contributed by atoms with Crippen molar-refractivity contribution in [2.75, 3.05) is 30.9 Å². The monoisotopic (exact) mass is 337 g/mol. The molecule has 7 nitrogen and oxygen atoms in total. The Morgan fingerprint density at radius 1 is 1.08 bits per heavy atom. The van der Waals surface area contributed by atoms with Gasteiger partial charge in [0.2, 0.25) is 11.9 Å². The van der Waals surface area contributed by atoms with Gasteiger partial charge in [0, 0.05) is 25.3 Å². The van der Waals surface area contributed by atoms with Crippen LogP contribution in [0.1, 0.15) is 10.4 Å². The number of rotatable bonds is 5. The van der Waals surface area contributed by atoms with E-state index in [0.717, 1.165) is 16.7 Å². The molecular weight excluding hydrogens is 318 g/mol. The number of amides is 2. The molecule has 0 saturated carbocycles. The molecular formula is C18H19N5O2. The maximum atomic E-state index is 12.1. The summed E-state index contributed by atoms with van der Waals surface area (Å²) < 4.78 is 0. The van der Waals surface area contributed by atoms with Crippen LogP contribution in [0.4, 0.5) is 11.6 Å². The number of hydrogen-bond acceptors (Lipinski definition) is 4. The Kier molecular flexibility index (Phi) is 4.65. The molecule has 0 saturated heterocycles. The number of fused-ring (bicyclic) bond motifs is 1. The van der Waals surface area contributed by atoms with Gasteiger partial charge in [0.05, 0.1) is 17.6 Å². The second-order valence-electron chi connectivity index (χ2n) is 5.77. The van der Waals surface area contributed by atoms with E-state index < -0.39 is 0 Å². The van der Waals surface area contributed by atoms with Gasteiger partial charge < -0.3 is 15.2 Å². The van der Waals surface area contributed by atoms with E-state index in [0.29, 0.717) is 11.5 Å². The number of H-pyrrole nitrogens is 1. The number of para-hydroxylation sites is 2. The van der Waals surface area contributed by atoms with Gasteiger partial charge in [-0.3, -0.25) is 14.9 Å². The second kappa shape index (κ2) is 7.04. The molecule has 0 atom stereocenters. The third-order valence-electron chi connectivity index (χ3n) is 3.70. The standard InChI is InChI=1S/C18H19N5O2/c1-23(2)13-9-7-12(8-10-13)17(25)19-11-16(24)22-18-20-14-5-3-4-6-15(14)21-18/h3-10H,11H2,1-2H3,(H,19,25)(H2,20,21,22,24). The summed E-state index contributed by atoms with van der Waals surface area (Å²) in [4.78, 5) is 33.3. The van der Waals surface area contributed by atoms with Gasteiger partial charge in [-0.2, -0.15) is 0 Å². The number of carbonyl (C=O) groups excluding carboxylic acids is 2. The lowest BCUT2D eigenvalue weighted by molar-refractivity contribution is -0.115. The van der Waals surface area contributed by atoms with E-state index in [9.17, 15) is 9.59 Å². The predicted octanol–water partition coefficient (Wildman–Crippen LogP) is 2.00. The van der Waals surface area contributed by atoms with E-state index in [-0.39, 0.29) is 18.4 Å². The number of aromatic nitrogens is 2. The van der Waals surface area contributed by atoms with Crippen LogP contribution in [0.5, 0.6) is 0 Å². The quantitative estimate of drug-likeness (QED) is 0.664. The number of nitrogens with zero attached hydrogens (tertiary/aromatic N) is 2. The average molecular weight is 337 g/mol. The Bertz CT molecular complexity index is 866. The van der Waals surface area contributed by atoms with Gasteiger partial charge in [0.25, 0.3) is 5.91 Å². The van der Waals surface area contributed by atoms with E-state index in [1.54, 1.807) is 12.1 Å². The van der Waals surface area contributed by atoms with Crippen LogP contribution < -0.4 is 15.5 Å². The molecule has 25 heavy (non-hydrogen) atoms. The maximum Gasteiger partial charge on any atom is 0.251 e. The number of aromatic amines is 1. The first-order valence-electron chi connectivity index (χ1n) is 7.83. The van der Waals surface area contributed by atoms with E-state index >= 15 is 0 Å². The fraction of sp³-hybridized carbons (Fsp3) is 0.167. The van der Waals surface area contributed by atoms with Crippen LogP contribution in [-0.2, 0) is 4.79 Å². The van der Waals surface area contributed by atoms with Crippen molar-refractivity contribution in [1.29, 1.82) is 0 Å². The predicted molar refractivity (Wildman–Crippen MR) is 97.8 cm³/mol. The topological polar surface area (TPSA) is 90.1 Å². The Morgan fingerprint density at radius 2 is 1.80 bits per heavy atom. The average Bonchev–Trinajstić information content (AvgIpc) is 3.01. The maximum absolute atomic E-state index is 12.1. The van der Waals surface area contributed by atoms with E-state index in [1.165, 1.54) is 0 Å². The van der Waals surface area contributed by atoms with Crippen molar-refractivity contribution in [3.63, 3.8) is 0 Å². The summed E-state index contributed by atoms with van der Waals surface area (Å²) in [6.45, 7) is -0.134. The minimum absolute atomic E-state index is 0.134. The summed E-state index contributed by atoms with van der Waals surface area (Å²) in [6, 6.07) is 14.6. The third-order valence-corrected chi connectivity index (χ3v) is 3.70. The molecule has 3 aromatic rings. The van der Waals surface area contributed by atoms with Crippen molar-refractivity contribution in [1.82, 2.24) is 15.3 Å².